The molecule has 0 bridgehead atoms. The highest BCUT2D eigenvalue weighted by Gasteiger charge is 2.28. The van der Waals surface area contributed by atoms with E-state index >= 15 is 0 Å². The summed E-state index contributed by atoms with van der Waals surface area (Å²) in [7, 11) is 1.75. The van der Waals surface area contributed by atoms with Crippen molar-refractivity contribution in [3.63, 3.8) is 0 Å². The average Bonchev–Trinajstić information content (AvgIpc) is 3.21. The van der Waals surface area contributed by atoms with Crippen LogP contribution in [-0.4, -0.2) is 31.7 Å². The molecule has 1 atom stereocenters. The maximum atomic E-state index is 12.3. The highest BCUT2D eigenvalue weighted by molar-refractivity contribution is 5.96. The summed E-state index contributed by atoms with van der Waals surface area (Å²) in [4.78, 5) is 28.0. The summed E-state index contributed by atoms with van der Waals surface area (Å²) >= 11 is 0. The fourth-order valence-corrected chi connectivity index (χ4v) is 2.54. The third-order valence-corrected chi connectivity index (χ3v) is 3.78. The Morgan fingerprint density at radius 3 is 2.72 bits per heavy atom. The lowest BCUT2D eigenvalue weighted by molar-refractivity contribution is 0.0692. The molecular formula is C17H16N4O4. The normalized spacial score (nSPS) is 11.9. The lowest BCUT2D eigenvalue weighted by Crippen LogP contribution is -2.28. The molecule has 8 nitrogen and oxygen atoms in total. The molecule has 0 fully saturated rings. The number of hydrogen-bond donors (Lipinski definition) is 2. The SMILES string of the molecule is C[C@@H](NC(=O)c1cccn1C)c1onc(-c2cccnc2)c1C(=O)O. The molecule has 0 aliphatic rings. The van der Waals surface area contributed by atoms with Crippen molar-refractivity contribution >= 4 is 11.9 Å². The molecule has 0 radical (unpaired) electrons. The van der Waals surface area contributed by atoms with Crippen LogP contribution < -0.4 is 5.32 Å². The van der Waals surface area contributed by atoms with E-state index in [9.17, 15) is 14.7 Å². The smallest absolute Gasteiger partial charge is 0.341 e. The van der Waals surface area contributed by atoms with Crippen LogP contribution >= 0.6 is 0 Å². The minimum atomic E-state index is -1.19. The van der Waals surface area contributed by atoms with Gasteiger partial charge in [0.2, 0.25) is 0 Å². The Balaban J connectivity index is 1.92. The van der Waals surface area contributed by atoms with E-state index in [2.05, 4.69) is 15.5 Å². The number of aromatic carboxylic acids is 1. The Labute approximate surface area is 143 Å². The molecule has 0 aliphatic heterocycles. The van der Waals surface area contributed by atoms with Crippen LogP contribution in [0.15, 0.2) is 47.4 Å². The fourth-order valence-electron chi connectivity index (χ4n) is 2.54. The molecule has 1 amide bonds. The van der Waals surface area contributed by atoms with E-state index in [0.717, 1.165) is 0 Å². The summed E-state index contributed by atoms with van der Waals surface area (Å²) in [5.74, 6) is -1.44. The molecule has 3 aromatic heterocycles. The standard InChI is InChI=1S/C17H16N4O4/c1-10(19-16(22)12-6-4-8-21(12)2)15-13(17(23)24)14(20-25-15)11-5-3-7-18-9-11/h3-10H,1-2H3,(H,19,22)(H,23,24)/t10-/m1/s1. The van der Waals surface area contributed by atoms with Gasteiger partial charge in [-0.2, -0.15) is 0 Å². The van der Waals surface area contributed by atoms with Crippen molar-refractivity contribution < 1.29 is 19.2 Å². The number of pyridine rings is 1. The van der Waals surface area contributed by atoms with E-state index < -0.39 is 12.0 Å². The van der Waals surface area contributed by atoms with Gasteiger partial charge in [-0.05, 0) is 31.2 Å². The van der Waals surface area contributed by atoms with Gasteiger partial charge < -0.3 is 19.5 Å². The predicted molar refractivity (Wildman–Crippen MR) is 88.0 cm³/mol. The van der Waals surface area contributed by atoms with E-state index in [1.165, 1.54) is 6.20 Å². The van der Waals surface area contributed by atoms with Crippen molar-refractivity contribution in [3.8, 4) is 11.3 Å². The molecule has 8 heteroatoms. The summed E-state index contributed by atoms with van der Waals surface area (Å²) in [6.45, 7) is 1.64. The molecule has 0 unspecified atom stereocenters. The maximum Gasteiger partial charge on any atom is 0.341 e. The van der Waals surface area contributed by atoms with E-state index in [-0.39, 0.29) is 22.9 Å². The Morgan fingerprint density at radius 2 is 2.12 bits per heavy atom. The molecule has 0 saturated heterocycles. The van der Waals surface area contributed by atoms with Gasteiger partial charge in [0, 0.05) is 31.2 Å². The summed E-state index contributed by atoms with van der Waals surface area (Å²) < 4.78 is 6.91. The number of nitrogens with zero attached hydrogens (tertiary/aromatic N) is 3. The van der Waals surface area contributed by atoms with Gasteiger partial charge in [-0.25, -0.2) is 4.79 Å². The topological polar surface area (TPSA) is 110 Å². The van der Waals surface area contributed by atoms with Crippen molar-refractivity contribution in [1.82, 2.24) is 20.0 Å². The number of rotatable bonds is 5. The third kappa shape index (κ3) is 3.14. The van der Waals surface area contributed by atoms with Crippen LogP contribution in [0.25, 0.3) is 11.3 Å². The Hall–Kier alpha value is -3.42. The molecule has 3 rings (SSSR count). The van der Waals surface area contributed by atoms with Crippen LogP contribution in [0.2, 0.25) is 0 Å². The van der Waals surface area contributed by atoms with Gasteiger partial charge >= 0.3 is 5.97 Å². The molecule has 0 aromatic carbocycles. The van der Waals surface area contributed by atoms with Gasteiger partial charge in [-0.1, -0.05) is 5.16 Å². The van der Waals surface area contributed by atoms with Gasteiger partial charge in [0.1, 0.15) is 17.0 Å². The van der Waals surface area contributed by atoms with Crippen LogP contribution in [0.4, 0.5) is 0 Å². The summed E-state index contributed by atoms with van der Waals surface area (Å²) in [6.07, 6.45) is 4.83. The first-order chi connectivity index (χ1) is 12.0. The van der Waals surface area contributed by atoms with Gasteiger partial charge in [-0.15, -0.1) is 0 Å². The minimum absolute atomic E-state index is 0.0777. The summed E-state index contributed by atoms with van der Waals surface area (Å²) in [5.41, 5.74) is 1.06. The van der Waals surface area contributed by atoms with Crippen LogP contribution in [0.5, 0.6) is 0 Å². The molecule has 3 heterocycles. The lowest BCUT2D eigenvalue weighted by Gasteiger charge is -2.12. The third-order valence-electron chi connectivity index (χ3n) is 3.78. The number of amides is 1. The van der Waals surface area contributed by atoms with Gasteiger partial charge in [0.15, 0.2) is 5.76 Å². The zero-order valence-corrected chi connectivity index (χ0v) is 13.6. The van der Waals surface area contributed by atoms with Crippen LogP contribution in [0, 0.1) is 0 Å². The molecule has 0 spiro atoms. The van der Waals surface area contributed by atoms with Crippen molar-refractivity contribution in [3.05, 3.63) is 59.9 Å². The number of carboxylic acid groups (broad SMARTS) is 1. The monoisotopic (exact) mass is 340 g/mol. The van der Waals surface area contributed by atoms with E-state index in [4.69, 9.17) is 4.52 Å². The highest BCUT2D eigenvalue weighted by atomic mass is 16.5. The molecule has 2 N–H and O–H groups in total. The Morgan fingerprint density at radius 1 is 1.32 bits per heavy atom. The predicted octanol–water partition coefficient (Wildman–Crippen LogP) is 2.26. The molecular weight excluding hydrogens is 324 g/mol. The Kier molecular flexibility index (Phi) is 4.34. The number of carbonyl (C=O) groups is 2. The van der Waals surface area contributed by atoms with Crippen LogP contribution in [-0.2, 0) is 7.05 Å². The van der Waals surface area contributed by atoms with Gasteiger partial charge in [-0.3, -0.25) is 9.78 Å². The average molecular weight is 340 g/mol. The first-order valence-electron chi connectivity index (χ1n) is 7.54. The molecule has 3 aromatic rings. The first-order valence-corrected chi connectivity index (χ1v) is 7.54. The van der Waals surface area contributed by atoms with Crippen molar-refractivity contribution in [2.45, 2.75) is 13.0 Å². The quantitative estimate of drug-likeness (QED) is 0.737. The molecule has 25 heavy (non-hydrogen) atoms. The summed E-state index contributed by atoms with van der Waals surface area (Å²) in [5, 5.41) is 16.2. The molecule has 0 aliphatic carbocycles. The number of carboxylic acids is 1. The van der Waals surface area contributed by atoms with Crippen LogP contribution in [0.1, 0.15) is 39.6 Å². The van der Waals surface area contributed by atoms with Gasteiger partial charge in [0.25, 0.3) is 5.91 Å². The van der Waals surface area contributed by atoms with Crippen molar-refractivity contribution in [2.24, 2.45) is 7.05 Å². The number of carbonyl (C=O) groups excluding carboxylic acids is 1. The number of hydrogen-bond acceptors (Lipinski definition) is 5. The van der Waals surface area contributed by atoms with E-state index in [1.807, 2.05) is 0 Å². The number of nitrogens with one attached hydrogen (secondary N) is 1. The van der Waals surface area contributed by atoms with Gasteiger partial charge in [0.05, 0.1) is 6.04 Å². The lowest BCUT2D eigenvalue weighted by atomic mass is 10.0. The fraction of sp³-hybridized carbons (Fsp3) is 0.176. The van der Waals surface area contributed by atoms with Crippen molar-refractivity contribution in [2.75, 3.05) is 0 Å². The summed E-state index contributed by atoms with van der Waals surface area (Å²) in [6, 6.07) is 6.11. The Bertz CT molecular complexity index is 914. The maximum absolute atomic E-state index is 12.3. The second-order valence-corrected chi connectivity index (χ2v) is 5.52. The number of aryl methyl sites for hydroxylation is 1. The molecule has 0 saturated carbocycles. The van der Waals surface area contributed by atoms with E-state index in [0.29, 0.717) is 11.3 Å². The number of aromatic nitrogens is 3. The minimum Gasteiger partial charge on any atom is -0.477 e. The second kappa shape index (κ2) is 6.60. The van der Waals surface area contributed by atoms with Crippen molar-refractivity contribution in [1.29, 1.82) is 0 Å². The first kappa shape index (κ1) is 16.4. The largest absolute Gasteiger partial charge is 0.477 e. The zero-order chi connectivity index (χ0) is 18.0. The molecule has 128 valence electrons. The zero-order valence-electron chi connectivity index (χ0n) is 13.6. The second-order valence-electron chi connectivity index (χ2n) is 5.52. The van der Waals surface area contributed by atoms with E-state index in [1.54, 1.807) is 55.2 Å². The van der Waals surface area contributed by atoms with Crippen LogP contribution in [0.3, 0.4) is 0 Å². The highest BCUT2D eigenvalue weighted by Crippen LogP contribution is 2.28.